The maximum absolute atomic E-state index is 6.05. The summed E-state index contributed by atoms with van der Waals surface area (Å²) in [6, 6.07) is 10.1. The van der Waals surface area contributed by atoms with Crippen molar-refractivity contribution in [3.05, 3.63) is 48.3 Å². The van der Waals surface area contributed by atoms with Crippen LogP contribution in [0, 0.1) is 0 Å². The number of benzene rings is 1. The molecule has 2 aliphatic rings. The Morgan fingerprint density at radius 2 is 2.04 bits per heavy atom. The van der Waals surface area contributed by atoms with Crippen molar-refractivity contribution in [1.82, 2.24) is 14.9 Å². The van der Waals surface area contributed by atoms with E-state index in [1.54, 1.807) is 7.11 Å². The van der Waals surface area contributed by atoms with Crippen molar-refractivity contribution in [2.75, 3.05) is 26.8 Å². The third-order valence-corrected chi connectivity index (χ3v) is 5.06. The van der Waals surface area contributed by atoms with Gasteiger partial charge in [0, 0.05) is 56.9 Å². The summed E-state index contributed by atoms with van der Waals surface area (Å²) < 4.78 is 11.7. The van der Waals surface area contributed by atoms with Gasteiger partial charge in [0.2, 0.25) is 0 Å². The summed E-state index contributed by atoms with van der Waals surface area (Å²) in [5, 5.41) is 0. The largest absolute Gasteiger partial charge is 0.377 e. The molecule has 0 aliphatic carbocycles. The standard InChI is InChI=1S/C19H23N3O2/c1-23-17-13-22(14-19(17)8-5-9-24-19)12-15-10-20-18(21-11-15)16-6-3-2-4-7-16/h2-4,6-7,10-11,17H,5,8-9,12-14H2,1H3/t17-,19-/m0/s1. The topological polar surface area (TPSA) is 47.5 Å². The van der Waals surface area contributed by atoms with Gasteiger partial charge in [-0.15, -0.1) is 0 Å². The van der Waals surface area contributed by atoms with Gasteiger partial charge in [-0.2, -0.15) is 0 Å². The van der Waals surface area contributed by atoms with Crippen molar-refractivity contribution in [3.8, 4) is 11.4 Å². The molecule has 24 heavy (non-hydrogen) atoms. The van der Waals surface area contributed by atoms with Crippen LogP contribution in [0.5, 0.6) is 0 Å². The van der Waals surface area contributed by atoms with Crippen molar-refractivity contribution in [1.29, 1.82) is 0 Å². The number of hydrogen-bond donors (Lipinski definition) is 0. The highest BCUT2D eigenvalue weighted by molar-refractivity contribution is 5.53. The fourth-order valence-electron chi connectivity index (χ4n) is 3.88. The van der Waals surface area contributed by atoms with Gasteiger partial charge in [-0.3, -0.25) is 4.90 Å². The number of likely N-dealkylation sites (tertiary alicyclic amines) is 1. The molecule has 1 aromatic heterocycles. The van der Waals surface area contributed by atoms with Crippen LogP contribution >= 0.6 is 0 Å². The average Bonchev–Trinajstić information content (AvgIpc) is 3.24. The summed E-state index contributed by atoms with van der Waals surface area (Å²) >= 11 is 0. The minimum absolute atomic E-state index is 0.112. The van der Waals surface area contributed by atoms with Gasteiger partial charge >= 0.3 is 0 Å². The Morgan fingerprint density at radius 1 is 1.25 bits per heavy atom. The van der Waals surface area contributed by atoms with Gasteiger partial charge in [-0.1, -0.05) is 30.3 Å². The van der Waals surface area contributed by atoms with Crippen molar-refractivity contribution in [2.45, 2.75) is 31.1 Å². The number of nitrogens with zero attached hydrogens (tertiary/aromatic N) is 3. The quantitative estimate of drug-likeness (QED) is 0.864. The normalized spacial score (nSPS) is 27.1. The lowest BCUT2D eigenvalue weighted by atomic mass is 9.96. The highest BCUT2D eigenvalue weighted by Gasteiger charge is 2.49. The third-order valence-electron chi connectivity index (χ3n) is 5.06. The molecule has 1 aromatic carbocycles. The molecule has 0 bridgehead atoms. The Labute approximate surface area is 142 Å². The molecule has 2 atom stereocenters. The molecular weight excluding hydrogens is 302 g/mol. The van der Waals surface area contributed by atoms with Crippen LogP contribution in [0.3, 0.4) is 0 Å². The Kier molecular flexibility index (Phi) is 4.31. The highest BCUT2D eigenvalue weighted by atomic mass is 16.6. The second-order valence-electron chi connectivity index (χ2n) is 6.69. The van der Waals surface area contributed by atoms with Crippen LogP contribution in [-0.4, -0.2) is 53.4 Å². The molecule has 1 spiro atoms. The summed E-state index contributed by atoms with van der Waals surface area (Å²) in [6.45, 7) is 3.51. The number of hydrogen-bond acceptors (Lipinski definition) is 5. The van der Waals surface area contributed by atoms with Crippen LogP contribution in [-0.2, 0) is 16.0 Å². The minimum Gasteiger partial charge on any atom is -0.377 e. The fourth-order valence-corrected chi connectivity index (χ4v) is 3.88. The lowest BCUT2D eigenvalue weighted by Gasteiger charge is -2.28. The molecule has 0 saturated carbocycles. The maximum Gasteiger partial charge on any atom is 0.159 e. The molecule has 0 amide bonds. The van der Waals surface area contributed by atoms with Crippen LogP contribution in [0.15, 0.2) is 42.7 Å². The van der Waals surface area contributed by atoms with Crippen molar-refractivity contribution >= 4 is 0 Å². The Balaban J connectivity index is 1.44. The monoisotopic (exact) mass is 325 g/mol. The molecule has 2 fully saturated rings. The number of methoxy groups -OCH3 is 1. The highest BCUT2D eigenvalue weighted by Crippen LogP contribution is 2.37. The third kappa shape index (κ3) is 2.95. The van der Waals surface area contributed by atoms with Crippen LogP contribution in [0.25, 0.3) is 11.4 Å². The van der Waals surface area contributed by atoms with Crippen molar-refractivity contribution < 1.29 is 9.47 Å². The molecule has 5 nitrogen and oxygen atoms in total. The molecule has 4 rings (SSSR count). The first-order chi connectivity index (χ1) is 11.8. The second-order valence-corrected chi connectivity index (χ2v) is 6.69. The zero-order valence-corrected chi connectivity index (χ0v) is 14.0. The molecule has 3 heterocycles. The maximum atomic E-state index is 6.05. The molecule has 2 saturated heterocycles. The molecule has 0 unspecified atom stereocenters. The molecule has 2 aromatic rings. The van der Waals surface area contributed by atoms with Crippen molar-refractivity contribution in [3.63, 3.8) is 0 Å². The number of ether oxygens (including phenoxy) is 2. The van der Waals surface area contributed by atoms with E-state index in [1.807, 2.05) is 42.7 Å². The van der Waals surface area contributed by atoms with Gasteiger partial charge in [-0.05, 0) is 12.8 Å². The van der Waals surface area contributed by atoms with E-state index >= 15 is 0 Å². The van der Waals surface area contributed by atoms with E-state index in [4.69, 9.17) is 9.47 Å². The first kappa shape index (κ1) is 15.7. The van der Waals surface area contributed by atoms with E-state index in [0.29, 0.717) is 0 Å². The molecule has 0 N–H and O–H groups in total. The zero-order valence-electron chi connectivity index (χ0n) is 14.0. The summed E-state index contributed by atoms with van der Waals surface area (Å²) in [4.78, 5) is 11.4. The van der Waals surface area contributed by atoms with E-state index in [0.717, 1.165) is 56.0 Å². The second kappa shape index (κ2) is 6.59. The van der Waals surface area contributed by atoms with Crippen molar-refractivity contribution in [2.24, 2.45) is 0 Å². The summed E-state index contributed by atoms with van der Waals surface area (Å²) in [5.74, 6) is 0.770. The molecular formula is C19H23N3O2. The molecule has 5 heteroatoms. The number of aromatic nitrogens is 2. The SMILES string of the molecule is CO[C@H]1CN(Cc2cnc(-c3ccccc3)nc2)C[C@@]12CCCO2. The summed E-state index contributed by atoms with van der Waals surface area (Å²) in [6.07, 6.45) is 6.23. The lowest BCUT2D eigenvalue weighted by Crippen LogP contribution is -2.41. The summed E-state index contributed by atoms with van der Waals surface area (Å²) in [7, 11) is 1.79. The average molecular weight is 325 g/mol. The van der Waals surface area contributed by atoms with E-state index < -0.39 is 0 Å². The predicted octanol–water partition coefficient (Wildman–Crippen LogP) is 2.52. The van der Waals surface area contributed by atoms with Crippen LogP contribution < -0.4 is 0 Å². The van der Waals surface area contributed by atoms with E-state index in [2.05, 4.69) is 14.9 Å². The van der Waals surface area contributed by atoms with E-state index in [1.165, 1.54) is 0 Å². The van der Waals surface area contributed by atoms with E-state index in [9.17, 15) is 0 Å². The van der Waals surface area contributed by atoms with Gasteiger partial charge < -0.3 is 9.47 Å². The van der Waals surface area contributed by atoms with Gasteiger partial charge in [0.05, 0.1) is 6.10 Å². The van der Waals surface area contributed by atoms with Gasteiger partial charge in [0.15, 0.2) is 5.82 Å². The van der Waals surface area contributed by atoms with E-state index in [-0.39, 0.29) is 11.7 Å². The molecule has 0 radical (unpaired) electrons. The van der Waals surface area contributed by atoms with Gasteiger partial charge in [-0.25, -0.2) is 9.97 Å². The Bertz CT molecular complexity index is 669. The first-order valence-corrected chi connectivity index (χ1v) is 8.54. The smallest absolute Gasteiger partial charge is 0.159 e. The minimum atomic E-state index is -0.112. The van der Waals surface area contributed by atoms with Gasteiger partial charge in [0.25, 0.3) is 0 Å². The predicted molar refractivity (Wildman–Crippen MR) is 91.5 cm³/mol. The first-order valence-electron chi connectivity index (χ1n) is 8.54. The van der Waals surface area contributed by atoms with Gasteiger partial charge in [0.1, 0.15) is 5.60 Å². The Morgan fingerprint density at radius 3 is 2.71 bits per heavy atom. The zero-order chi connectivity index (χ0) is 16.4. The van der Waals surface area contributed by atoms with Crippen LogP contribution in [0.1, 0.15) is 18.4 Å². The fraction of sp³-hybridized carbons (Fsp3) is 0.474. The molecule has 2 aliphatic heterocycles. The van der Waals surface area contributed by atoms with Crippen LogP contribution in [0.4, 0.5) is 0 Å². The lowest BCUT2D eigenvalue weighted by molar-refractivity contribution is -0.0756. The number of rotatable bonds is 4. The van der Waals surface area contributed by atoms with Crippen LogP contribution in [0.2, 0.25) is 0 Å². The Hall–Kier alpha value is -1.82. The molecule has 126 valence electrons. The summed E-state index contributed by atoms with van der Waals surface area (Å²) in [5.41, 5.74) is 2.06.